The molecule has 0 spiro atoms. The summed E-state index contributed by atoms with van der Waals surface area (Å²) in [5.41, 5.74) is 3.81. The summed E-state index contributed by atoms with van der Waals surface area (Å²) < 4.78 is 2.11. The van der Waals surface area contributed by atoms with Crippen LogP contribution in [0.2, 0.25) is 0 Å². The maximum absolute atomic E-state index is 12.2. The Morgan fingerprint density at radius 1 is 0.567 bits per heavy atom. The van der Waals surface area contributed by atoms with E-state index in [1.807, 2.05) is 78.9 Å². The molecule has 0 radical (unpaired) electrons. The second-order valence-electron chi connectivity index (χ2n) is 7.33. The summed E-state index contributed by atoms with van der Waals surface area (Å²) in [5.74, 6) is 0. The summed E-state index contributed by atoms with van der Waals surface area (Å²) in [4.78, 5) is 0. The summed E-state index contributed by atoms with van der Waals surface area (Å²) in [6.45, 7) is 0. The fraction of sp³-hybridized carbons (Fsp3) is 0.111. The molecule has 1 nitrogen and oxygen atoms in total. The maximum Gasteiger partial charge on any atom is 0.140 e. The second-order valence-corrected chi connectivity index (χ2v) is 9.10. The van der Waals surface area contributed by atoms with E-state index in [1.165, 1.54) is 5.56 Å². The summed E-state index contributed by atoms with van der Waals surface area (Å²) in [6, 6.07) is 34.4. The highest BCUT2D eigenvalue weighted by Gasteiger charge is 2.35. The number of aryl methyl sites for hydroxylation is 2. The summed E-state index contributed by atoms with van der Waals surface area (Å²) in [5, 5.41) is 12.2. The molecule has 0 amide bonds. The van der Waals surface area contributed by atoms with Gasteiger partial charge >= 0.3 is 0 Å². The van der Waals surface area contributed by atoms with E-state index in [4.69, 9.17) is 0 Å². The Labute approximate surface area is 194 Å². The Bertz CT molecular complexity index is 1120. The number of benzene rings is 4. The van der Waals surface area contributed by atoms with Crippen LogP contribution in [0.3, 0.4) is 0 Å². The lowest BCUT2D eigenvalue weighted by molar-refractivity contribution is 0.124. The Morgan fingerprint density at radius 2 is 1.10 bits per heavy atom. The summed E-state index contributed by atoms with van der Waals surface area (Å²) in [7, 11) is 0. The van der Waals surface area contributed by atoms with E-state index in [2.05, 4.69) is 56.1 Å². The number of halogens is 2. The van der Waals surface area contributed by atoms with Gasteiger partial charge in [0.1, 0.15) is 5.60 Å². The van der Waals surface area contributed by atoms with E-state index < -0.39 is 5.60 Å². The minimum absolute atomic E-state index is 0.838. The van der Waals surface area contributed by atoms with E-state index in [-0.39, 0.29) is 0 Å². The second kappa shape index (κ2) is 9.30. The van der Waals surface area contributed by atoms with Crippen molar-refractivity contribution in [3.8, 4) is 0 Å². The first-order valence-corrected chi connectivity index (χ1v) is 11.5. The molecule has 0 heterocycles. The number of hydrogen-bond donors (Lipinski definition) is 1. The van der Waals surface area contributed by atoms with Gasteiger partial charge in [0, 0.05) is 8.95 Å². The van der Waals surface area contributed by atoms with Crippen LogP contribution in [0.25, 0.3) is 0 Å². The van der Waals surface area contributed by atoms with Crippen LogP contribution in [0.15, 0.2) is 112 Å². The minimum Gasteiger partial charge on any atom is -0.376 e. The van der Waals surface area contributed by atoms with Gasteiger partial charge in [0.05, 0.1) is 0 Å². The lowest BCUT2D eigenvalue weighted by atomic mass is 9.77. The van der Waals surface area contributed by atoms with Crippen LogP contribution in [0.4, 0.5) is 0 Å². The highest BCUT2D eigenvalue weighted by atomic mass is 79.9. The molecular formula is C27H22Br2O. The van der Waals surface area contributed by atoms with Gasteiger partial charge in [0.25, 0.3) is 0 Å². The molecule has 0 bridgehead atoms. The van der Waals surface area contributed by atoms with E-state index >= 15 is 0 Å². The quantitative estimate of drug-likeness (QED) is 0.264. The number of hydrogen-bond acceptors (Lipinski definition) is 1. The van der Waals surface area contributed by atoms with Crippen LogP contribution in [0.1, 0.15) is 27.8 Å². The zero-order valence-corrected chi connectivity index (χ0v) is 19.6. The Kier molecular flexibility index (Phi) is 6.52. The molecule has 1 N–H and O–H groups in total. The zero-order chi connectivity index (χ0) is 21.0. The molecule has 0 aromatic heterocycles. The van der Waals surface area contributed by atoms with Crippen molar-refractivity contribution in [3.63, 3.8) is 0 Å². The van der Waals surface area contributed by atoms with Crippen molar-refractivity contribution in [2.75, 3.05) is 0 Å². The normalized spacial score (nSPS) is 13.0. The first kappa shape index (κ1) is 21.0. The fourth-order valence-corrected chi connectivity index (χ4v) is 4.66. The Balaban J connectivity index is 1.80. The fourth-order valence-electron chi connectivity index (χ4n) is 3.91. The maximum atomic E-state index is 12.2. The topological polar surface area (TPSA) is 20.2 Å². The Hall–Kier alpha value is -2.20. The summed E-state index contributed by atoms with van der Waals surface area (Å²) >= 11 is 7.16. The first-order chi connectivity index (χ1) is 14.6. The van der Waals surface area contributed by atoms with Gasteiger partial charge in [-0.2, -0.15) is 0 Å². The SMILES string of the molecule is OC(c1ccccc1)(c1ccc(Br)cc1)c1ccccc1CCc1ccccc1Br. The molecule has 150 valence electrons. The first-order valence-electron chi connectivity index (χ1n) is 9.95. The van der Waals surface area contributed by atoms with Crippen molar-refractivity contribution in [2.24, 2.45) is 0 Å². The van der Waals surface area contributed by atoms with E-state index in [9.17, 15) is 5.11 Å². The van der Waals surface area contributed by atoms with Gasteiger partial charge in [-0.1, -0.05) is 117 Å². The molecule has 0 fully saturated rings. The van der Waals surface area contributed by atoms with Crippen molar-refractivity contribution in [3.05, 3.63) is 140 Å². The van der Waals surface area contributed by atoms with Crippen LogP contribution < -0.4 is 0 Å². The molecule has 4 aromatic carbocycles. The third-order valence-electron chi connectivity index (χ3n) is 5.48. The van der Waals surface area contributed by atoms with Gasteiger partial charge in [-0.15, -0.1) is 0 Å². The number of aliphatic hydroxyl groups is 1. The molecule has 30 heavy (non-hydrogen) atoms. The van der Waals surface area contributed by atoms with Crippen molar-refractivity contribution in [1.82, 2.24) is 0 Å². The van der Waals surface area contributed by atoms with Crippen molar-refractivity contribution in [2.45, 2.75) is 18.4 Å². The molecule has 1 unspecified atom stereocenters. The standard InChI is InChI=1S/C27H22Br2O/c28-24-18-16-23(17-19-24)27(30,22-10-2-1-3-11-22)25-12-6-4-8-20(25)14-15-21-9-5-7-13-26(21)29/h1-13,16-19,30H,14-15H2. The van der Waals surface area contributed by atoms with Crippen molar-refractivity contribution in [1.29, 1.82) is 0 Å². The Morgan fingerprint density at radius 3 is 1.80 bits per heavy atom. The third kappa shape index (κ3) is 4.29. The zero-order valence-electron chi connectivity index (χ0n) is 16.4. The average molecular weight is 522 g/mol. The van der Waals surface area contributed by atoms with E-state index in [0.29, 0.717) is 0 Å². The third-order valence-corrected chi connectivity index (χ3v) is 6.78. The van der Waals surface area contributed by atoms with Gasteiger partial charge in [-0.25, -0.2) is 0 Å². The van der Waals surface area contributed by atoms with Gasteiger partial charge < -0.3 is 5.11 Å². The van der Waals surface area contributed by atoms with Crippen molar-refractivity contribution < 1.29 is 5.11 Å². The molecule has 4 aromatic rings. The van der Waals surface area contributed by atoms with E-state index in [1.54, 1.807) is 0 Å². The molecular weight excluding hydrogens is 500 g/mol. The molecule has 0 saturated carbocycles. The van der Waals surface area contributed by atoms with Crippen LogP contribution in [0.5, 0.6) is 0 Å². The lowest BCUT2D eigenvalue weighted by Gasteiger charge is -2.32. The van der Waals surface area contributed by atoms with Gasteiger partial charge in [-0.05, 0) is 58.9 Å². The summed E-state index contributed by atoms with van der Waals surface area (Å²) in [6.07, 6.45) is 1.73. The van der Waals surface area contributed by atoms with Gasteiger partial charge in [0.2, 0.25) is 0 Å². The predicted molar refractivity (Wildman–Crippen MR) is 131 cm³/mol. The lowest BCUT2D eigenvalue weighted by Crippen LogP contribution is -2.30. The molecule has 1 atom stereocenters. The predicted octanol–water partition coefficient (Wildman–Crippen LogP) is 7.28. The molecule has 0 saturated heterocycles. The average Bonchev–Trinajstić information content (AvgIpc) is 2.79. The molecule has 0 aliphatic carbocycles. The number of rotatable bonds is 6. The van der Waals surface area contributed by atoms with Crippen LogP contribution in [0, 0.1) is 0 Å². The van der Waals surface area contributed by atoms with Crippen LogP contribution >= 0.6 is 31.9 Å². The highest BCUT2D eigenvalue weighted by molar-refractivity contribution is 9.10. The molecule has 3 heteroatoms. The van der Waals surface area contributed by atoms with Gasteiger partial charge in [0.15, 0.2) is 0 Å². The van der Waals surface area contributed by atoms with Crippen LogP contribution in [-0.4, -0.2) is 5.11 Å². The smallest absolute Gasteiger partial charge is 0.140 e. The van der Waals surface area contributed by atoms with Crippen molar-refractivity contribution >= 4 is 31.9 Å². The molecule has 0 aliphatic rings. The van der Waals surface area contributed by atoms with E-state index in [0.717, 1.165) is 44.0 Å². The minimum atomic E-state index is -1.23. The molecule has 0 aliphatic heterocycles. The highest BCUT2D eigenvalue weighted by Crippen LogP contribution is 2.39. The van der Waals surface area contributed by atoms with Gasteiger partial charge in [-0.3, -0.25) is 0 Å². The molecule has 4 rings (SSSR count). The van der Waals surface area contributed by atoms with Crippen LogP contribution in [-0.2, 0) is 18.4 Å². The largest absolute Gasteiger partial charge is 0.376 e. The monoisotopic (exact) mass is 520 g/mol.